The van der Waals surface area contributed by atoms with Crippen LogP contribution in [-0.4, -0.2) is 200 Å². The van der Waals surface area contributed by atoms with Crippen LogP contribution < -0.4 is 50.2 Å². The largest absolute Gasteiger partial charge is 0.482 e. The van der Waals surface area contributed by atoms with Gasteiger partial charge in [0.2, 0.25) is 0 Å². The maximum Gasteiger partial charge on any atom is 0.407 e. The molecule has 0 atom stereocenters. The molecule has 6 aliphatic rings. The van der Waals surface area contributed by atoms with Crippen LogP contribution in [-0.2, 0) is 30.3 Å². The summed E-state index contributed by atoms with van der Waals surface area (Å²) >= 11 is 3.46. The topological polar surface area (TPSA) is 233 Å². The van der Waals surface area contributed by atoms with E-state index in [-0.39, 0.29) is 55.3 Å². The van der Waals surface area contributed by atoms with Gasteiger partial charge in [0.25, 0.3) is 35.4 Å². The first kappa shape index (κ1) is 80.4. The van der Waals surface area contributed by atoms with Crippen LogP contribution in [0.15, 0.2) is 174 Å². The molecule has 23 heteroatoms. The van der Waals surface area contributed by atoms with E-state index in [2.05, 4.69) is 82.2 Å². The van der Waals surface area contributed by atoms with Crippen LogP contribution in [0.1, 0.15) is 143 Å². The Bertz CT molecular complexity index is 4190. The van der Waals surface area contributed by atoms with Crippen LogP contribution in [0.4, 0.5) is 21.9 Å². The van der Waals surface area contributed by atoms with E-state index in [1.54, 1.807) is 7.11 Å². The van der Waals surface area contributed by atoms with E-state index < -0.39 is 11.7 Å². The summed E-state index contributed by atoms with van der Waals surface area (Å²) in [6.07, 6.45) is 7.81. The summed E-state index contributed by atoms with van der Waals surface area (Å²) in [5.41, 5.74) is 8.88. The third kappa shape index (κ3) is 23.0. The number of benzene rings is 7. The number of likely N-dealkylation sites (tertiary alicyclic amines) is 3. The average molecular weight is 1550 g/mol. The highest BCUT2D eigenvalue weighted by Crippen LogP contribution is 2.37. The highest BCUT2D eigenvalue weighted by molar-refractivity contribution is 9.10. The smallest absolute Gasteiger partial charge is 0.407 e. The van der Waals surface area contributed by atoms with E-state index in [1.165, 1.54) is 5.56 Å². The number of fused-ring (bicyclic) bond motifs is 3. The van der Waals surface area contributed by atoms with Gasteiger partial charge in [-0.15, -0.1) is 0 Å². The molecule has 3 fully saturated rings. The molecule has 3 saturated heterocycles. The number of halogens is 1. The fourth-order valence-corrected chi connectivity index (χ4v) is 15.2. The molecule has 109 heavy (non-hydrogen) atoms. The standard InChI is InChI=1S/C31H42N4O5.C30H32BrN3O3.C25H31N3O4/c1-31(2,3)40-30(38)33-17-9-8-16-32-29(37)25-11-5-4-10-24(25)23-14-18-34(19-15-23)20-21-35-26-12-6-7-13-27(26)39-22-28(35)36;31-24-11-9-22(10-12-24)13-16-32-30(36)26-6-2-1-5-25(26)23-14-17-33(18-15-23)19-20-34-27-7-3-4-8-28(27)37-21-29(34)35;1-31-17-12-26-25(30)21-7-3-2-6-20(21)19-10-13-27(14-11-19)15-16-28-22-8-4-5-9-23(22)32-18-24(28)29/h4-7,10-13,23H,8-9,14-22H2,1-3H3,(H,32,37)(H,33,38);1-12,23H,13-21H2,(H,32,36);2-9,19H,10-18H2,1H3,(H,26,30). The van der Waals surface area contributed by atoms with Crippen LogP contribution in [0.5, 0.6) is 17.2 Å². The fraction of sp³-hybridized carbons (Fsp3) is 0.430. The molecule has 0 saturated carbocycles. The van der Waals surface area contributed by atoms with E-state index in [4.69, 9.17) is 23.7 Å². The molecule has 0 aromatic heterocycles. The first-order valence-corrected chi connectivity index (χ1v) is 39.3. The number of ether oxygens (including phenoxy) is 5. The molecule has 0 radical (unpaired) electrons. The van der Waals surface area contributed by atoms with E-state index >= 15 is 0 Å². The lowest BCUT2D eigenvalue weighted by Gasteiger charge is -2.35. The van der Waals surface area contributed by atoms with Gasteiger partial charge in [-0.3, -0.25) is 28.8 Å². The minimum Gasteiger partial charge on any atom is -0.482 e. The van der Waals surface area contributed by atoms with E-state index in [9.17, 15) is 33.6 Å². The maximum absolute atomic E-state index is 13.0. The SMILES string of the molecule is CC(C)(C)OC(=O)NCCCCNC(=O)c1ccccc1C1CCN(CCN2C(=O)COc3ccccc32)CC1.COCCNC(=O)c1ccccc1C1CCN(CCN2C(=O)COc3ccccc32)CC1.O=C(NCCc1ccc(Br)cc1)c1ccccc1C1CCN(CCN2C(=O)COc3ccccc32)CC1. The molecular formula is C86H105BrN10O12. The lowest BCUT2D eigenvalue weighted by atomic mass is 9.86. The van der Waals surface area contributed by atoms with Crippen molar-refractivity contribution in [2.75, 3.05) is 153 Å². The number of carbonyl (C=O) groups is 7. The Morgan fingerprint density at radius 1 is 0.422 bits per heavy atom. The van der Waals surface area contributed by atoms with Crippen molar-refractivity contribution in [1.82, 2.24) is 36.0 Å². The Morgan fingerprint density at radius 3 is 1.12 bits per heavy atom. The van der Waals surface area contributed by atoms with Crippen LogP contribution >= 0.6 is 15.9 Å². The summed E-state index contributed by atoms with van der Waals surface area (Å²) in [5.74, 6) is 3.26. The number of piperidine rings is 3. The zero-order chi connectivity index (χ0) is 76.5. The molecule has 0 unspecified atom stereocenters. The van der Waals surface area contributed by atoms with Crippen molar-refractivity contribution in [2.24, 2.45) is 0 Å². The minimum atomic E-state index is -0.516. The van der Waals surface area contributed by atoms with Crippen molar-refractivity contribution < 1.29 is 57.2 Å². The summed E-state index contributed by atoms with van der Waals surface area (Å²) in [7, 11) is 1.63. The lowest BCUT2D eigenvalue weighted by molar-refractivity contribution is -0.122. The normalized spacial score (nSPS) is 16.4. The van der Waals surface area contributed by atoms with E-state index in [0.717, 1.165) is 189 Å². The van der Waals surface area contributed by atoms with Crippen molar-refractivity contribution in [3.63, 3.8) is 0 Å². The zero-order valence-electron chi connectivity index (χ0n) is 63.4. The molecule has 0 spiro atoms. The summed E-state index contributed by atoms with van der Waals surface area (Å²) in [5, 5.41) is 11.8. The molecule has 6 aliphatic heterocycles. The number of rotatable bonds is 26. The number of para-hydroxylation sites is 6. The number of hydrogen-bond acceptors (Lipinski definition) is 15. The third-order valence-electron chi connectivity index (χ3n) is 20.8. The van der Waals surface area contributed by atoms with Gasteiger partial charge in [-0.2, -0.15) is 0 Å². The Kier molecular flexibility index (Phi) is 29.6. The molecule has 4 N–H and O–H groups in total. The lowest BCUT2D eigenvalue weighted by Crippen LogP contribution is -2.45. The average Bonchev–Trinajstić information content (AvgIpc) is 0.821. The second-order valence-corrected chi connectivity index (χ2v) is 30.2. The van der Waals surface area contributed by atoms with Crippen molar-refractivity contribution in [3.8, 4) is 17.2 Å². The van der Waals surface area contributed by atoms with Gasteiger partial charge in [0.05, 0.1) is 23.7 Å². The Balaban J connectivity index is 0.000000163. The van der Waals surface area contributed by atoms with Crippen LogP contribution in [0, 0.1) is 0 Å². The summed E-state index contributed by atoms with van der Waals surface area (Å²) in [6.45, 7) is 18.5. The van der Waals surface area contributed by atoms with Gasteiger partial charge in [-0.25, -0.2) is 4.79 Å². The molecule has 0 aliphatic carbocycles. The highest BCUT2D eigenvalue weighted by atomic mass is 79.9. The number of hydrogen-bond donors (Lipinski definition) is 4. The number of carbonyl (C=O) groups excluding carboxylic acids is 7. The van der Waals surface area contributed by atoms with Gasteiger partial charge in [0.15, 0.2) is 19.8 Å². The van der Waals surface area contributed by atoms with Gasteiger partial charge in [0, 0.05) is 93.7 Å². The second-order valence-electron chi connectivity index (χ2n) is 29.3. The van der Waals surface area contributed by atoms with Crippen LogP contribution in [0.2, 0.25) is 0 Å². The number of alkyl carbamates (subject to hydrolysis) is 1. The highest BCUT2D eigenvalue weighted by Gasteiger charge is 2.33. The van der Waals surface area contributed by atoms with Gasteiger partial charge >= 0.3 is 6.09 Å². The van der Waals surface area contributed by atoms with Crippen molar-refractivity contribution in [1.29, 1.82) is 0 Å². The maximum atomic E-state index is 13.0. The summed E-state index contributed by atoms with van der Waals surface area (Å²) in [4.78, 5) is 101. The molecule has 6 heterocycles. The molecule has 7 aromatic rings. The van der Waals surface area contributed by atoms with Crippen LogP contribution in [0.3, 0.4) is 0 Å². The molecule has 7 amide bonds. The van der Waals surface area contributed by atoms with Crippen molar-refractivity contribution >= 4 is 74.5 Å². The number of methoxy groups -OCH3 is 1. The number of nitrogens with one attached hydrogen (secondary N) is 4. The molecule has 0 bridgehead atoms. The van der Waals surface area contributed by atoms with Gasteiger partial charge < -0.3 is 74.4 Å². The molecule has 7 aromatic carbocycles. The number of amides is 7. The van der Waals surface area contributed by atoms with E-state index in [1.807, 2.05) is 175 Å². The van der Waals surface area contributed by atoms with Gasteiger partial charge in [-0.1, -0.05) is 119 Å². The minimum absolute atomic E-state index is 0.000337. The first-order chi connectivity index (χ1) is 53.0. The third-order valence-corrected chi connectivity index (χ3v) is 21.3. The second kappa shape index (κ2) is 40.2. The first-order valence-electron chi connectivity index (χ1n) is 38.5. The Hall–Kier alpha value is -9.65. The number of nitrogens with zero attached hydrogens (tertiary/aromatic N) is 6. The molecule has 578 valence electrons. The van der Waals surface area contributed by atoms with Crippen LogP contribution in [0.25, 0.3) is 0 Å². The van der Waals surface area contributed by atoms with Crippen molar-refractivity contribution in [3.05, 3.63) is 213 Å². The predicted molar refractivity (Wildman–Crippen MR) is 428 cm³/mol. The van der Waals surface area contributed by atoms with Gasteiger partial charge in [0.1, 0.15) is 22.8 Å². The summed E-state index contributed by atoms with van der Waals surface area (Å²) < 4.78 is 28.0. The predicted octanol–water partition coefficient (Wildman–Crippen LogP) is 12.0. The Labute approximate surface area is 649 Å². The van der Waals surface area contributed by atoms with Crippen molar-refractivity contribution in [2.45, 2.75) is 102 Å². The zero-order valence-corrected chi connectivity index (χ0v) is 65.0. The Morgan fingerprint density at radius 2 is 0.752 bits per heavy atom. The quantitative estimate of drug-likeness (QED) is 0.0369. The molecule has 22 nitrogen and oxygen atoms in total. The summed E-state index contributed by atoms with van der Waals surface area (Å²) in [6, 6.07) is 55.1. The number of anilines is 3. The van der Waals surface area contributed by atoms with E-state index in [0.29, 0.717) is 70.2 Å². The van der Waals surface area contributed by atoms with Gasteiger partial charge in [-0.05, 0) is 225 Å². The fourth-order valence-electron chi connectivity index (χ4n) is 15.0. The molecular weight excluding hydrogens is 1440 g/mol. The molecule has 13 rings (SSSR count). The monoisotopic (exact) mass is 1550 g/mol. The number of unbranched alkanes of at least 4 members (excludes halogenated alkanes) is 1.